The van der Waals surface area contributed by atoms with E-state index in [1.165, 1.54) is 5.39 Å². The molecule has 0 saturated heterocycles. The summed E-state index contributed by atoms with van der Waals surface area (Å²) in [5.41, 5.74) is 3.01. The van der Waals surface area contributed by atoms with Crippen LogP contribution in [0.1, 0.15) is 0 Å². The molecule has 96 valence electrons. The summed E-state index contributed by atoms with van der Waals surface area (Å²) < 4.78 is 3.11. The molecule has 3 nitrogen and oxygen atoms in total. The average Bonchev–Trinajstić information content (AvgIpc) is 2.92. The molecule has 0 aliphatic carbocycles. The van der Waals surface area contributed by atoms with Gasteiger partial charge in [-0.1, -0.05) is 52.3 Å². The molecule has 0 aliphatic heterocycles. The number of para-hydroxylation sites is 1. The van der Waals surface area contributed by atoms with Gasteiger partial charge in [-0.2, -0.15) is 0 Å². The highest BCUT2D eigenvalue weighted by Crippen LogP contribution is 2.29. The molecule has 4 heteroatoms. The molecule has 0 saturated carbocycles. The SMILES string of the molecule is Brc1ccccc1-c1nnc2ccc3ccccc3n12. The molecule has 4 aromatic rings. The summed E-state index contributed by atoms with van der Waals surface area (Å²) in [6, 6.07) is 20.4. The van der Waals surface area contributed by atoms with Crippen LogP contribution in [-0.2, 0) is 0 Å². The minimum Gasteiger partial charge on any atom is -0.275 e. The fourth-order valence-electron chi connectivity index (χ4n) is 2.46. The minimum atomic E-state index is 0.851. The van der Waals surface area contributed by atoms with Crippen LogP contribution in [-0.4, -0.2) is 14.6 Å². The van der Waals surface area contributed by atoms with Gasteiger partial charge in [0.25, 0.3) is 0 Å². The van der Waals surface area contributed by atoms with E-state index in [2.05, 4.69) is 48.7 Å². The number of rotatable bonds is 1. The molecule has 2 aromatic carbocycles. The van der Waals surface area contributed by atoms with Crippen molar-refractivity contribution in [1.29, 1.82) is 0 Å². The molecule has 0 fully saturated rings. The summed E-state index contributed by atoms with van der Waals surface area (Å²) in [6.45, 7) is 0. The molecular weight excluding hydrogens is 314 g/mol. The van der Waals surface area contributed by atoms with Crippen LogP contribution in [0.25, 0.3) is 27.9 Å². The fourth-order valence-corrected chi connectivity index (χ4v) is 2.92. The number of nitrogens with zero attached hydrogens (tertiary/aromatic N) is 3. The topological polar surface area (TPSA) is 30.2 Å². The van der Waals surface area contributed by atoms with Crippen molar-refractivity contribution in [1.82, 2.24) is 14.6 Å². The van der Waals surface area contributed by atoms with Gasteiger partial charge in [-0.05, 0) is 29.7 Å². The lowest BCUT2D eigenvalue weighted by Gasteiger charge is -2.06. The lowest BCUT2D eigenvalue weighted by molar-refractivity contribution is 1.11. The highest BCUT2D eigenvalue weighted by Gasteiger charge is 2.12. The Morgan fingerprint density at radius 3 is 2.50 bits per heavy atom. The normalized spacial score (nSPS) is 11.2. The Kier molecular flexibility index (Phi) is 2.57. The maximum Gasteiger partial charge on any atom is 0.169 e. The van der Waals surface area contributed by atoms with Crippen molar-refractivity contribution in [2.45, 2.75) is 0 Å². The smallest absolute Gasteiger partial charge is 0.169 e. The summed E-state index contributed by atoms with van der Waals surface area (Å²) in [6.07, 6.45) is 0. The van der Waals surface area contributed by atoms with Crippen molar-refractivity contribution in [3.8, 4) is 11.4 Å². The first kappa shape index (κ1) is 11.6. The first-order valence-electron chi connectivity index (χ1n) is 6.32. The highest BCUT2D eigenvalue weighted by atomic mass is 79.9. The first-order valence-corrected chi connectivity index (χ1v) is 7.12. The fraction of sp³-hybridized carbons (Fsp3) is 0. The van der Waals surface area contributed by atoms with E-state index in [-0.39, 0.29) is 0 Å². The number of pyridine rings is 1. The van der Waals surface area contributed by atoms with E-state index in [1.807, 2.05) is 42.5 Å². The zero-order chi connectivity index (χ0) is 13.5. The van der Waals surface area contributed by atoms with E-state index in [0.29, 0.717) is 0 Å². The lowest BCUT2D eigenvalue weighted by Crippen LogP contribution is -1.92. The Morgan fingerprint density at radius 2 is 1.60 bits per heavy atom. The van der Waals surface area contributed by atoms with Crippen LogP contribution in [0, 0.1) is 0 Å². The number of benzene rings is 2. The average molecular weight is 324 g/mol. The Morgan fingerprint density at radius 1 is 0.800 bits per heavy atom. The van der Waals surface area contributed by atoms with Crippen LogP contribution in [0.3, 0.4) is 0 Å². The van der Waals surface area contributed by atoms with E-state index in [0.717, 1.165) is 27.0 Å². The Hall–Kier alpha value is -2.20. The molecule has 0 spiro atoms. The minimum absolute atomic E-state index is 0.851. The predicted octanol–water partition coefficient (Wildman–Crippen LogP) is 4.31. The van der Waals surface area contributed by atoms with E-state index >= 15 is 0 Å². The van der Waals surface area contributed by atoms with Gasteiger partial charge >= 0.3 is 0 Å². The van der Waals surface area contributed by atoms with Crippen molar-refractivity contribution >= 4 is 32.5 Å². The van der Waals surface area contributed by atoms with Crippen molar-refractivity contribution < 1.29 is 0 Å². The maximum absolute atomic E-state index is 4.36. The van der Waals surface area contributed by atoms with Crippen molar-refractivity contribution in [2.75, 3.05) is 0 Å². The third-order valence-electron chi connectivity index (χ3n) is 3.39. The maximum atomic E-state index is 4.36. The van der Waals surface area contributed by atoms with Gasteiger partial charge in [-0.15, -0.1) is 10.2 Å². The van der Waals surface area contributed by atoms with Gasteiger partial charge in [0, 0.05) is 10.0 Å². The molecule has 2 aromatic heterocycles. The number of aromatic nitrogens is 3. The Balaban J connectivity index is 2.16. The van der Waals surface area contributed by atoms with Crippen LogP contribution >= 0.6 is 15.9 Å². The van der Waals surface area contributed by atoms with Crippen molar-refractivity contribution in [3.63, 3.8) is 0 Å². The van der Waals surface area contributed by atoms with Crippen molar-refractivity contribution in [2.24, 2.45) is 0 Å². The summed E-state index contributed by atoms with van der Waals surface area (Å²) in [5.74, 6) is 0.851. The van der Waals surface area contributed by atoms with Gasteiger partial charge in [0.05, 0.1) is 5.52 Å². The molecule has 0 amide bonds. The van der Waals surface area contributed by atoms with E-state index in [9.17, 15) is 0 Å². The van der Waals surface area contributed by atoms with E-state index < -0.39 is 0 Å². The highest BCUT2D eigenvalue weighted by molar-refractivity contribution is 9.10. The van der Waals surface area contributed by atoms with Crippen molar-refractivity contribution in [3.05, 3.63) is 65.1 Å². The summed E-state index contributed by atoms with van der Waals surface area (Å²) >= 11 is 3.59. The van der Waals surface area contributed by atoms with Gasteiger partial charge < -0.3 is 0 Å². The molecule has 2 heterocycles. The molecule has 0 bridgehead atoms. The molecule has 20 heavy (non-hydrogen) atoms. The second kappa shape index (κ2) is 4.42. The molecule has 0 atom stereocenters. The van der Waals surface area contributed by atoms with Gasteiger partial charge in [0.1, 0.15) is 0 Å². The van der Waals surface area contributed by atoms with E-state index in [1.54, 1.807) is 0 Å². The number of hydrogen-bond donors (Lipinski definition) is 0. The van der Waals surface area contributed by atoms with Gasteiger partial charge in [-0.25, -0.2) is 0 Å². The van der Waals surface area contributed by atoms with Crippen LogP contribution < -0.4 is 0 Å². The molecule has 0 unspecified atom stereocenters. The standard InChI is InChI=1S/C16H10BrN3/c17-13-7-3-2-6-12(13)16-19-18-15-10-9-11-5-1-4-8-14(11)20(15)16/h1-10H. The Labute approximate surface area is 124 Å². The second-order valence-corrected chi connectivity index (χ2v) is 5.44. The molecule has 0 aliphatic rings. The Bertz CT molecular complexity index is 927. The van der Waals surface area contributed by atoms with Crippen LogP contribution in [0.4, 0.5) is 0 Å². The summed E-state index contributed by atoms with van der Waals surface area (Å²) in [5, 5.41) is 9.81. The molecule has 4 rings (SSSR count). The zero-order valence-electron chi connectivity index (χ0n) is 10.5. The third kappa shape index (κ3) is 1.65. The molecule has 0 radical (unpaired) electrons. The number of hydrogen-bond acceptors (Lipinski definition) is 2. The number of halogens is 1. The lowest BCUT2D eigenvalue weighted by atomic mass is 10.2. The van der Waals surface area contributed by atoms with E-state index in [4.69, 9.17) is 0 Å². The van der Waals surface area contributed by atoms with Crippen LogP contribution in [0.15, 0.2) is 65.1 Å². The quantitative estimate of drug-likeness (QED) is 0.522. The zero-order valence-corrected chi connectivity index (χ0v) is 12.1. The summed E-state index contributed by atoms with van der Waals surface area (Å²) in [4.78, 5) is 0. The van der Waals surface area contributed by atoms with Gasteiger partial charge in [0.15, 0.2) is 11.5 Å². The molecule has 0 N–H and O–H groups in total. The van der Waals surface area contributed by atoms with Gasteiger partial charge in [-0.3, -0.25) is 4.40 Å². The molecular formula is C16H10BrN3. The van der Waals surface area contributed by atoms with Crippen LogP contribution in [0.2, 0.25) is 0 Å². The third-order valence-corrected chi connectivity index (χ3v) is 4.08. The summed E-state index contributed by atoms with van der Waals surface area (Å²) in [7, 11) is 0. The first-order chi connectivity index (χ1) is 9.84. The second-order valence-electron chi connectivity index (χ2n) is 4.59. The number of fused-ring (bicyclic) bond motifs is 3. The monoisotopic (exact) mass is 323 g/mol. The van der Waals surface area contributed by atoms with Gasteiger partial charge in [0.2, 0.25) is 0 Å². The predicted molar refractivity (Wildman–Crippen MR) is 83.6 cm³/mol. The van der Waals surface area contributed by atoms with Crippen LogP contribution in [0.5, 0.6) is 0 Å². The largest absolute Gasteiger partial charge is 0.275 e.